The first-order valence-electron chi connectivity index (χ1n) is 10.3. The fourth-order valence-corrected chi connectivity index (χ4v) is 3.52. The molecule has 1 amide bonds. The van der Waals surface area contributed by atoms with Gasteiger partial charge < -0.3 is 19.8 Å². The molecule has 9 heteroatoms. The summed E-state index contributed by atoms with van der Waals surface area (Å²) in [5.41, 5.74) is 0.361. The molecule has 1 aliphatic heterocycles. The SMILES string of the molecule is CCN(CC)CCCCC(NC1COc2ccccc2N(CC(=O)O)C1=O)C(=O)O. The molecule has 2 unspecified atom stereocenters. The lowest BCUT2D eigenvalue weighted by atomic mass is 10.1. The topological polar surface area (TPSA) is 119 Å². The summed E-state index contributed by atoms with van der Waals surface area (Å²) in [6.45, 7) is 6.37. The minimum Gasteiger partial charge on any atom is -0.489 e. The number of amides is 1. The van der Waals surface area contributed by atoms with E-state index in [2.05, 4.69) is 24.1 Å². The number of carbonyl (C=O) groups is 3. The number of nitrogens with zero attached hydrogens (tertiary/aromatic N) is 2. The summed E-state index contributed by atoms with van der Waals surface area (Å²) in [4.78, 5) is 39.5. The van der Waals surface area contributed by atoms with E-state index in [0.29, 0.717) is 24.3 Å². The number of nitrogens with one attached hydrogen (secondary N) is 1. The van der Waals surface area contributed by atoms with Crippen LogP contribution < -0.4 is 15.0 Å². The number of carboxylic acid groups (broad SMARTS) is 2. The molecule has 0 spiro atoms. The summed E-state index contributed by atoms with van der Waals surface area (Å²) in [6, 6.07) is 4.80. The van der Waals surface area contributed by atoms with Crippen LogP contribution in [0.2, 0.25) is 0 Å². The number of ether oxygens (including phenoxy) is 1. The molecule has 1 aliphatic rings. The van der Waals surface area contributed by atoms with Gasteiger partial charge in [0.1, 0.15) is 31.0 Å². The van der Waals surface area contributed by atoms with Gasteiger partial charge in [-0.3, -0.25) is 24.6 Å². The monoisotopic (exact) mass is 421 g/mol. The van der Waals surface area contributed by atoms with Crippen LogP contribution in [0.5, 0.6) is 5.75 Å². The summed E-state index contributed by atoms with van der Waals surface area (Å²) in [7, 11) is 0. The van der Waals surface area contributed by atoms with Crippen LogP contribution in [0.4, 0.5) is 5.69 Å². The molecule has 9 nitrogen and oxygen atoms in total. The largest absolute Gasteiger partial charge is 0.489 e. The van der Waals surface area contributed by atoms with E-state index in [1.54, 1.807) is 24.3 Å². The van der Waals surface area contributed by atoms with Crippen molar-refractivity contribution >= 4 is 23.5 Å². The van der Waals surface area contributed by atoms with Gasteiger partial charge in [0, 0.05) is 0 Å². The molecule has 1 aromatic carbocycles. The normalized spacial score (nSPS) is 17.2. The second-order valence-electron chi connectivity index (χ2n) is 7.23. The smallest absolute Gasteiger partial charge is 0.323 e. The quantitative estimate of drug-likeness (QED) is 0.434. The van der Waals surface area contributed by atoms with Crippen LogP contribution in [-0.4, -0.2) is 77.8 Å². The molecule has 3 N–H and O–H groups in total. The van der Waals surface area contributed by atoms with E-state index in [0.717, 1.165) is 31.0 Å². The van der Waals surface area contributed by atoms with E-state index >= 15 is 0 Å². The van der Waals surface area contributed by atoms with Gasteiger partial charge >= 0.3 is 11.9 Å². The zero-order chi connectivity index (χ0) is 22.1. The van der Waals surface area contributed by atoms with Crippen LogP contribution in [0.15, 0.2) is 24.3 Å². The van der Waals surface area contributed by atoms with Crippen molar-refractivity contribution in [2.45, 2.75) is 45.2 Å². The number of hydrogen-bond donors (Lipinski definition) is 3. The Morgan fingerprint density at radius 1 is 1.23 bits per heavy atom. The van der Waals surface area contributed by atoms with Gasteiger partial charge in [0.05, 0.1) is 5.69 Å². The summed E-state index contributed by atoms with van der Waals surface area (Å²) < 4.78 is 5.69. The zero-order valence-electron chi connectivity index (χ0n) is 17.5. The van der Waals surface area contributed by atoms with Gasteiger partial charge in [0.15, 0.2) is 0 Å². The second-order valence-corrected chi connectivity index (χ2v) is 7.23. The third-order valence-electron chi connectivity index (χ3n) is 5.23. The van der Waals surface area contributed by atoms with Crippen LogP contribution in [0, 0.1) is 0 Å². The third-order valence-corrected chi connectivity index (χ3v) is 5.23. The second kappa shape index (κ2) is 11.5. The Hall–Kier alpha value is -2.65. The van der Waals surface area contributed by atoms with Crippen molar-refractivity contribution in [3.8, 4) is 5.75 Å². The van der Waals surface area contributed by atoms with Crippen molar-refractivity contribution in [2.75, 3.05) is 37.7 Å². The maximum Gasteiger partial charge on any atom is 0.323 e. The van der Waals surface area contributed by atoms with Gasteiger partial charge in [-0.05, 0) is 44.6 Å². The Morgan fingerprint density at radius 2 is 1.93 bits per heavy atom. The summed E-state index contributed by atoms with van der Waals surface area (Å²) in [5.74, 6) is -2.33. The lowest BCUT2D eigenvalue weighted by molar-refractivity contribution is -0.141. The molecule has 0 bridgehead atoms. The van der Waals surface area contributed by atoms with Crippen LogP contribution in [0.25, 0.3) is 0 Å². The van der Waals surface area contributed by atoms with Crippen molar-refractivity contribution in [1.82, 2.24) is 10.2 Å². The van der Waals surface area contributed by atoms with E-state index in [1.807, 2.05) is 0 Å². The number of benzene rings is 1. The van der Waals surface area contributed by atoms with Gasteiger partial charge in [0.2, 0.25) is 5.91 Å². The summed E-state index contributed by atoms with van der Waals surface area (Å²) >= 11 is 0. The van der Waals surface area contributed by atoms with Crippen molar-refractivity contribution in [3.05, 3.63) is 24.3 Å². The van der Waals surface area contributed by atoms with E-state index in [1.165, 1.54) is 0 Å². The Morgan fingerprint density at radius 3 is 2.57 bits per heavy atom. The minimum atomic E-state index is -1.16. The lowest BCUT2D eigenvalue weighted by Crippen LogP contribution is -2.54. The Balaban J connectivity index is 2.06. The molecule has 166 valence electrons. The highest BCUT2D eigenvalue weighted by atomic mass is 16.5. The molecule has 0 saturated carbocycles. The number of rotatable bonds is 12. The highest BCUT2D eigenvalue weighted by Crippen LogP contribution is 2.31. The molecule has 2 rings (SSSR count). The summed E-state index contributed by atoms with van der Waals surface area (Å²) in [6.07, 6.45) is 1.92. The average Bonchev–Trinajstić information content (AvgIpc) is 2.84. The summed E-state index contributed by atoms with van der Waals surface area (Å²) in [5, 5.41) is 21.7. The predicted octanol–water partition coefficient (Wildman–Crippen LogP) is 1.42. The molecule has 0 radical (unpaired) electrons. The van der Waals surface area contributed by atoms with Gasteiger partial charge in [0.25, 0.3) is 0 Å². The third kappa shape index (κ3) is 6.43. The van der Waals surface area contributed by atoms with Gasteiger partial charge in [-0.25, -0.2) is 0 Å². The number of para-hydroxylation sites is 2. The first-order chi connectivity index (χ1) is 14.4. The molecule has 0 aromatic heterocycles. The van der Waals surface area contributed by atoms with E-state index in [4.69, 9.17) is 4.74 Å². The molecule has 0 aliphatic carbocycles. The van der Waals surface area contributed by atoms with Crippen LogP contribution in [0.1, 0.15) is 33.1 Å². The van der Waals surface area contributed by atoms with Crippen molar-refractivity contribution in [1.29, 1.82) is 0 Å². The molecule has 2 atom stereocenters. The number of unbranched alkanes of at least 4 members (excludes halogenated alkanes) is 1. The van der Waals surface area contributed by atoms with Crippen LogP contribution in [0.3, 0.4) is 0 Å². The number of anilines is 1. The first-order valence-corrected chi connectivity index (χ1v) is 10.3. The van der Waals surface area contributed by atoms with Gasteiger partial charge in [-0.2, -0.15) is 0 Å². The van der Waals surface area contributed by atoms with E-state index < -0.39 is 36.5 Å². The molecular weight excluding hydrogens is 390 g/mol. The molecular formula is C21H31N3O6. The number of hydrogen-bond acceptors (Lipinski definition) is 6. The highest BCUT2D eigenvalue weighted by Gasteiger charge is 2.35. The molecule has 0 saturated heterocycles. The van der Waals surface area contributed by atoms with Crippen molar-refractivity contribution in [2.24, 2.45) is 0 Å². The first kappa shape index (κ1) is 23.6. The highest BCUT2D eigenvalue weighted by molar-refractivity contribution is 6.02. The maximum atomic E-state index is 13.0. The zero-order valence-corrected chi connectivity index (χ0v) is 17.5. The number of aliphatic carboxylic acids is 2. The molecule has 0 fully saturated rings. The van der Waals surface area contributed by atoms with Crippen LogP contribution in [-0.2, 0) is 14.4 Å². The van der Waals surface area contributed by atoms with E-state index in [9.17, 15) is 24.6 Å². The van der Waals surface area contributed by atoms with Crippen LogP contribution >= 0.6 is 0 Å². The molecule has 1 aromatic rings. The average molecular weight is 421 g/mol. The van der Waals surface area contributed by atoms with E-state index in [-0.39, 0.29) is 6.61 Å². The Labute approximate surface area is 176 Å². The van der Waals surface area contributed by atoms with Gasteiger partial charge in [-0.1, -0.05) is 32.4 Å². The fraction of sp³-hybridized carbons (Fsp3) is 0.571. The standard InChI is InChI=1S/C21H31N3O6/c1-3-23(4-2)12-8-7-9-15(21(28)29)22-16-14-30-18-11-6-5-10-17(18)24(20(16)27)13-19(25)26/h5-6,10-11,15-16,22H,3-4,7-9,12-14H2,1-2H3,(H,25,26)(H,28,29). The number of fused-ring (bicyclic) bond motifs is 1. The van der Waals surface area contributed by atoms with Gasteiger partial charge in [-0.15, -0.1) is 0 Å². The molecule has 30 heavy (non-hydrogen) atoms. The minimum absolute atomic E-state index is 0.0742. The number of carbonyl (C=O) groups excluding carboxylic acids is 1. The lowest BCUT2D eigenvalue weighted by Gasteiger charge is -2.25. The number of carboxylic acids is 2. The van der Waals surface area contributed by atoms with Crippen molar-refractivity contribution in [3.63, 3.8) is 0 Å². The van der Waals surface area contributed by atoms with Crippen molar-refractivity contribution < 1.29 is 29.3 Å². The molecule has 1 heterocycles. The fourth-order valence-electron chi connectivity index (χ4n) is 3.52. The predicted molar refractivity (Wildman–Crippen MR) is 112 cm³/mol. The Kier molecular flexibility index (Phi) is 9.07. The maximum absolute atomic E-state index is 13.0. The Bertz CT molecular complexity index is 737.